The van der Waals surface area contributed by atoms with E-state index in [9.17, 15) is 30.0 Å². The number of benzene rings is 1. The lowest BCUT2D eigenvalue weighted by atomic mass is 10.3. The minimum atomic E-state index is -5.91. The number of primary sulfonamides is 1. The van der Waals surface area contributed by atoms with E-state index >= 15 is 0 Å². The number of alkyl halides is 3. The number of rotatable bonds is 2. The first-order valence-electron chi connectivity index (χ1n) is 4.11. The Morgan fingerprint density at radius 3 is 1.94 bits per heavy atom. The number of halogens is 3. The lowest BCUT2D eigenvalue weighted by Gasteiger charge is -2.13. The smallest absolute Gasteiger partial charge is 0.398 e. The Bertz CT molecular complexity index is 679. The van der Waals surface area contributed by atoms with Crippen LogP contribution in [0.1, 0.15) is 0 Å². The Morgan fingerprint density at radius 1 is 1.06 bits per heavy atom. The van der Waals surface area contributed by atoms with Crippen molar-refractivity contribution in [3.8, 4) is 0 Å². The van der Waals surface area contributed by atoms with Gasteiger partial charge in [0.2, 0.25) is 10.0 Å². The minimum Gasteiger partial charge on any atom is -0.398 e. The number of hydrogen-bond acceptors (Lipinski definition) is 5. The van der Waals surface area contributed by atoms with E-state index in [-0.39, 0.29) is 0 Å². The predicted octanol–water partition coefficient (Wildman–Crippen LogP) is 0.210. The summed E-state index contributed by atoms with van der Waals surface area (Å²) in [6.45, 7) is 0. The molecule has 102 valence electrons. The monoisotopic (exact) mass is 304 g/mol. The van der Waals surface area contributed by atoms with Crippen LogP contribution < -0.4 is 10.9 Å². The van der Waals surface area contributed by atoms with Crippen molar-refractivity contribution >= 4 is 25.5 Å². The van der Waals surface area contributed by atoms with Crippen LogP contribution in [0.2, 0.25) is 0 Å². The van der Waals surface area contributed by atoms with Crippen molar-refractivity contribution < 1.29 is 30.0 Å². The molecule has 11 heteroatoms. The third-order valence-electron chi connectivity index (χ3n) is 1.89. The number of nitrogen functional groups attached to an aromatic ring is 1. The van der Waals surface area contributed by atoms with Gasteiger partial charge in [0.15, 0.2) is 0 Å². The molecule has 1 aromatic rings. The lowest BCUT2D eigenvalue weighted by molar-refractivity contribution is -0.0436. The first-order valence-corrected chi connectivity index (χ1v) is 7.14. The molecule has 0 amide bonds. The number of anilines is 1. The highest BCUT2D eigenvalue weighted by Gasteiger charge is 2.49. The maximum atomic E-state index is 12.4. The number of sulfonamides is 1. The maximum Gasteiger partial charge on any atom is 0.502 e. The third kappa shape index (κ3) is 2.42. The molecule has 18 heavy (non-hydrogen) atoms. The Labute approximate surface area is 100 Å². The summed E-state index contributed by atoms with van der Waals surface area (Å²) in [7, 11) is -10.6. The number of hydrogen-bond donors (Lipinski definition) is 2. The Kier molecular flexibility index (Phi) is 3.36. The van der Waals surface area contributed by atoms with E-state index in [0.717, 1.165) is 12.1 Å². The van der Waals surface area contributed by atoms with E-state index in [0.29, 0.717) is 6.07 Å². The molecule has 0 saturated heterocycles. The van der Waals surface area contributed by atoms with Crippen molar-refractivity contribution in [2.75, 3.05) is 5.73 Å². The quantitative estimate of drug-likeness (QED) is 0.757. The van der Waals surface area contributed by atoms with Crippen LogP contribution in [0.4, 0.5) is 18.9 Å². The van der Waals surface area contributed by atoms with Crippen LogP contribution in [-0.4, -0.2) is 22.3 Å². The van der Waals surface area contributed by atoms with Gasteiger partial charge in [-0.2, -0.15) is 13.2 Å². The van der Waals surface area contributed by atoms with Gasteiger partial charge < -0.3 is 5.73 Å². The van der Waals surface area contributed by atoms with E-state index in [1.165, 1.54) is 0 Å². The van der Waals surface area contributed by atoms with Gasteiger partial charge in [-0.15, -0.1) is 0 Å². The van der Waals surface area contributed by atoms with Gasteiger partial charge >= 0.3 is 5.51 Å². The SMILES string of the molecule is Nc1cccc(S(N)(=O)=O)c1S(=O)(=O)C(F)(F)F. The van der Waals surface area contributed by atoms with E-state index in [1.54, 1.807) is 0 Å². The van der Waals surface area contributed by atoms with Crippen LogP contribution in [0.15, 0.2) is 28.0 Å². The zero-order valence-electron chi connectivity index (χ0n) is 8.47. The van der Waals surface area contributed by atoms with Gasteiger partial charge in [0.25, 0.3) is 9.84 Å². The molecule has 0 aliphatic rings. The summed E-state index contributed by atoms with van der Waals surface area (Å²) in [5, 5.41) is 4.65. The summed E-state index contributed by atoms with van der Waals surface area (Å²) < 4.78 is 81.7. The predicted molar refractivity (Wildman–Crippen MR) is 55.5 cm³/mol. The molecule has 0 bridgehead atoms. The van der Waals surface area contributed by atoms with Gasteiger partial charge in [-0.1, -0.05) is 6.07 Å². The maximum absolute atomic E-state index is 12.4. The molecule has 0 aromatic heterocycles. The highest BCUT2D eigenvalue weighted by molar-refractivity contribution is 7.94. The van der Waals surface area contributed by atoms with Crippen molar-refractivity contribution in [3.05, 3.63) is 18.2 Å². The van der Waals surface area contributed by atoms with Crippen molar-refractivity contribution in [3.63, 3.8) is 0 Å². The summed E-state index contributed by atoms with van der Waals surface area (Å²) in [6, 6.07) is 2.43. The molecule has 1 rings (SSSR count). The fourth-order valence-electron chi connectivity index (χ4n) is 1.16. The van der Waals surface area contributed by atoms with Gasteiger partial charge in [0.1, 0.15) is 9.79 Å². The molecule has 0 unspecified atom stereocenters. The second-order valence-corrected chi connectivity index (χ2v) is 6.58. The van der Waals surface area contributed by atoms with E-state index in [4.69, 9.17) is 5.73 Å². The molecular weight excluding hydrogens is 297 g/mol. The van der Waals surface area contributed by atoms with Crippen molar-refractivity contribution in [1.29, 1.82) is 0 Å². The Balaban J connectivity index is 3.83. The number of sulfone groups is 1. The van der Waals surface area contributed by atoms with Crippen LogP contribution in [0.25, 0.3) is 0 Å². The molecule has 0 aliphatic carbocycles. The molecular formula is C7H7F3N2O4S2. The second-order valence-electron chi connectivity index (χ2n) is 3.17. The molecule has 0 saturated carbocycles. The molecule has 0 fully saturated rings. The van der Waals surface area contributed by atoms with Crippen LogP contribution in [0.5, 0.6) is 0 Å². The topological polar surface area (TPSA) is 120 Å². The van der Waals surface area contributed by atoms with Gasteiger partial charge in [-0.3, -0.25) is 0 Å². The average Bonchev–Trinajstić information content (AvgIpc) is 2.13. The zero-order chi connectivity index (χ0) is 14.4. The van der Waals surface area contributed by atoms with Gasteiger partial charge in [0, 0.05) is 0 Å². The van der Waals surface area contributed by atoms with E-state index in [1.807, 2.05) is 0 Å². The molecule has 0 atom stereocenters. The summed E-state index contributed by atoms with van der Waals surface area (Å²) in [4.78, 5) is -2.75. The highest BCUT2D eigenvalue weighted by atomic mass is 32.2. The van der Waals surface area contributed by atoms with Crippen LogP contribution in [-0.2, 0) is 19.9 Å². The molecule has 6 nitrogen and oxygen atoms in total. The third-order valence-corrected chi connectivity index (χ3v) is 4.57. The first kappa shape index (κ1) is 14.7. The van der Waals surface area contributed by atoms with Gasteiger partial charge in [-0.05, 0) is 12.1 Å². The molecule has 0 aliphatic heterocycles. The van der Waals surface area contributed by atoms with Crippen molar-refractivity contribution in [2.24, 2.45) is 5.14 Å². The first-order chi connectivity index (χ1) is 7.89. The van der Waals surface area contributed by atoms with Crippen molar-refractivity contribution in [2.45, 2.75) is 15.3 Å². The Morgan fingerprint density at radius 2 is 1.56 bits per heavy atom. The summed E-state index contributed by atoms with van der Waals surface area (Å²) >= 11 is 0. The summed E-state index contributed by atoms with van der Waals surface area (Å²) in [6.07, 6.45) is 0. The summed E-state index contributed by atoms with van der Waals surface area (Å²) in [5.74, 6) is 0. The average molecular weight is 304 g/mol. The van der Waals surface area contributed by atoms with E-state index in [2.05, 4.69) is 5.14 Å². The molecule has 0 radical (unpaired) electrons. The lowest BCUT2D eigenvalue weighted by Crippen LogP contribution is -2.27. The van der Waals surface area contributed by atoms with Crippen LogP contribution >= 0.6 is 0 Å². The standard InChI is InChI=1S/C7H7F3N2O4S2/c8-7(9,10)17(13,14)6-4(11)2-1-3-5(6)18(12,15)16/h1-3H,11H2,(H2,12,15,16). The van der Waals surface area contributed by atoms with Gasteiger partial charge in [0.05, 0.1) is 5.69 Å². The zero-order valence-corrected chi connectivity index (χ0v) is 10.1. The molecule has 1 aromatic carbocycles. The largest absolute Gasteiger partial charge is 0.502 e. The Hall–Kier alpha value is -1.33. The molecule has 0 spiro atoms. The van der Waals surface area contributed by atoms with Crippen LogP contribution in [0.3, 0.4) is 0 Å². The molecule has 4 N–H and O–H groups in total. The van der Waals surface area contributed by atoms with Crippen LogP contribution in [0, 0.1) is 0 Å². The van der Waals surface area contributed by atoms with Gasteiger partial charge in [-0.25, -0.2) is 22.0 Å². The van der Waals surface area contributed by atoms with Crippen molar-refractivity contribution in [1.82, 2.24) is 0 Å². The second kappa shape index (κ2) is 4.10. The fourth-order valence-corrected chi connectivity index (χ4v) is 3.42. The molecule has 0 heterocycles. The normalized spacial score (nSPS) is 13.6. The van der Waals surface area contributed by atoms with E-state index < -0.39 is 40.8 Å². The fraction of sp³-hybridized carbons (Fsp3) is 0.143. The summed E-state index contributed by atoms with van der Waals surface area (Å²) in [5.41, 5.74) is -1.43. The highest BCUT2D eigenvalue weighted by Crippen LogP contribution is 2.36. The minimum absolute atomic E-state index is 0.629. The number of nitrogens with two attached hydrogens (primary N) is 2.